The van der Waals surface area contributed by atoms with Crippen LogP contribution >= 0.6 is 27.5 Å². The van der Waals surface area contributed by atoms with Crippen LogP contribution in [0.15, 0.2) is 16.6 Å². The Morgan fingerprint density at radius 1 is 1.60 bits per heavy atom. The molecule has 1 rings (SSSR count). The smallest absolute Gasteiger partial charge is 0.249 e. The molecule has 6 heteroatoms. The first-order valence-electron chi connectivity index (χ1n) is 4.08. The zero-order valence-electron chi connectivity index (χ0n) is 7.67. The molecule has 0 aromatic heterocycles. The number of aliphatic hydroxyl groups excluding tert-OH is 1. The van der Waals surface area contributed by atoms with Gasteiger partial charge in [-0.05, 0) is 28.1 Å². The lowest BCUT2D eigenvalue weighted by atomic mass is 10.2. The van der Waals surface area contributed by atoms with Crippen molar-refractivity contribution in [3.8, 4) is 5.75 Å². The first-order valence-corrected chi connectivity index (χ1v) is 5.26. The monoisotopic (exact) mass is 293 g/mol. The van der Waals surface area contributed by atoms with Crippen molar-refractivity contribution in [1.29, 1.82) is 0 Å². The summed E-state index contributed by atoms with van der Waals surface area (Å²) in [5.74, 6) is -0.255. The maximum absolute atomic E-state index is 11.0. The van der Waals surface area contributed by atoms with Gasteiger partial charge in [0.1, 0.15) is 12.4 Å². The van der Waals surface area contributed by atoms with E-state index in [0.29, 0.717) is 15.2 Å². The zero-order valence-corrected chi connectivity index (χ0v) is 10.0. The lowest BCUT2D eigenvalue weighted by Crippen LogP contribution is -2.12. The van der Waals surface area contributed by atoms with Crippen LogP contribution in [0.4, 0.5) is 0 Å². The van der Waals surface area contributed by atoms with Gasteiger partial charge in [-0.2, -0.15) is 0 Å². The predicted molar refractivity (Wildman–Crippen MR) is 60.3 cm³/mol. The van der Waals surface area contributed by atoms with Crippen molar-refractivity contribution in [3.05, 3.63) is 27.2 Å². The van der Waals surface area contributed by atoms with Crippen LogP contribution in [0.1, 0.15) is 10.4 Å². The molecule has 0 spiro atoms. The Hall–Kier alpha value is -0.780. The van der Waals surface area contributed by atoms with Crippen LogP contribution < -0.4 is 10.5 Å². The quantitative estimate of drug-likeness (QED) is 0.885. The van der Waals surface area contributed by atoms with E-state index in [-0.39, 0.29) is 18.8 Å². The molecule has 0 fully saturated rings. The first-order chi connectivity index (χ1) is 7.06. The molecule has 0 saturated heterocycles. The van der Waals surface area contributed by atoms with Gasteiger partial charge in [-0.3, -0.25) is 4.79 Å². The standard InChI is InChI=1S/C9H9BrClNO3/c10-6-4-7(11)8(15-2-1-13)3-5(6)9(12)14/h3-4,13H,1-2H2,(H2,12,14). The van der Waals surface area contributed by atoms with Gasteiger partial charge in [-0.15, -0.1) is 0 Å². The Bertz CT molecular complexity index is 384. The number of carbonyl (C=O) groups is 1. The van der Waals surface area contributed by atoms with E-state index in [1.54, 1.807) is 0 Å². The highest BCUT2D eigenvalue weighted by Crippen LogP contribution is 2.31. The fourth-order valence-corrected chi connectivity index (χ4v) is 1.87. The van der Waals surface area contributed by atoms with E-state index in [4.69, 9.17) is 27.2 Å². The SMILES string of the molecule is NC(=O)c1cc(OCCO)c(Cl)cc1Br. The molecule has 0 aliphatic rings. The highest BCUT2D eigenvalue weighted by molar-refractivity contribution is 9.10. The third-order valence-corrected chi connectivity index (χ3v) is 2.59. The predicted octanol–water partition coefficient (Wildman–Crippen LogP) is 1.57. The molecule has 0 heterocycles. The number of rotatable bonds is 4. The lowest BCUT2D eigenvalue weighted by molar-refractivity contribution is 0.0999. The number of benzene rings is 1. The molecule has 1 aromatic rings. The van der Waals surface area contributed by atoms with E-state index in [9.17, 15) is 4.79 Å². The molecule has 0 radical (unpaired) electrons. The summed E-state index contributed by atoms with van der Waals surface area (Å²) in [4.78, 5) is 11.0. The van der Waals surface area contributed by atoms with Crippen molar-refractivity contribution < 1.29 is 14.6 Å². The van der Waals surface area contributed by atoms with Crippen LogP contribution in [-0.2, 0) is 0 Å². The molecule has 1 amide bonds. The average Bonchev–Trinajstić information content (AvgIpc) is 2.16. The number of ether oxygens (including phenoxy) is 1. The van der Waals surface area contributed by atoms with E-state index in [0.717, 1.165) is 0 Å². The van der Waals surface area contributed by atoms with Crippen LogP contribution in [0.2, 0.25) is 5.02 Å². The van der Waals surface area contributed by atoms with Crippen molar-refractivity contribution in [2.45, 2.75) is 0 Å². The van der Waals surface area contributed by atoms with Crippen LogP contribution in [0.25, 0.3) is 0 Å². The first kappa shape index (κ1) is 12.3. The highest BCUT2D eigenvalue weighted by Gasteiger charge is 2.11. The number of primary amides is 1. The Labute approximate surface area is 100 Å². The van der Waals surface area contributed by atoms with E-state index in [1.165, 1.54) is 12.1 Å². The van der Waals surface area contributed by atoms with Crippen LogP contribution in [0.5, 0.6) is 5.75 Å². The molecule has 0 aliphatic heterocycles. The number of hydrogen-bond acceptors (Lipinski definition) is 3. The maximum Gasteiger partial charge on any atom is 0.249 e. The molecule has 82 valence electrons. The van der Waals surface area contributed by atoms with Gasteiger partial charge >= 0.3 is 0 Å². The minimum absolute atomic E-state index is 0.111. The van der Waals surface area contributed by atoms with E-state index >= 15 is 0 Å². The van der Waals surface area contributed by atoms with Gasteiger partial charge in [0, 0.05) is 4.47 Å². The van der Waals surface area contributed by atoms with Gasteiger partial charge < -0.3 is 15.6 Å². The van der Waals surface area contributed by atoms with Crippen molar-refractivity contribution in [2.24, 2.45) is 5.73 Å². The molecule has 1 aromatic carbocycles. The van der Waals surface area contributed by atoms with E-state index in [1.807, 2.05) is 0 Å². The molecule has 0 unspecified atom stereocenters. The Morgan fingerprint density at radius 2 is 2.27 bits per heavy atom. The van der Waals surface area contributed by atoms with Gasteiger partial charge in [-0.1, -0.05) is 11.6 Å². The minimum atomic E-state index is -0.576. The topological polar surface area (TPSA) is 72.6 Å². The number of nitrogens with two attached hydrogens (primary N) is 1. The number of carbonyl (C=O) groups excluding carboxylic acids is 1. The third-order valence-electron chi connectivity index (χ3n) is 1.64. The molecular formula is C9H9BrClNO3. The van der Waals surface area contributed by atoms with Gasteiger partial charge in [0.15, 0.2) is 0 Å². The summed E-state index contributed by atoms with van der Waals surface area (Å²) in [6, 6.07) is 2.96. The van der Waals surface area contributed by atoms with Gasteiger partial charge in [0.2, 0.25) is 5.91 Å². The average molecular weight is 295 g/mol. The molecule has 0 saturated carbocycles. The fourth-order valence-electron chi connectivity index (χ4n) is 0.984. The Morgan fingerprint density at radius 3 is 2.80 bits per heavy atom. The second kappa shape index (κ2) is 5.34. The Kier molecular flexibility index (Phi) is 4.38. The summed E-state index contributed by atoms with van der Waals surface area (Å²) in [6.45, 7) is -0.0160. The van der Waals surface area contributed by atoms with Gasteiger partial charge in [-0.25, -0.2) is 0 Å². The van der Waals surface area contributed by atoms with E-state index < -0.39 is 5.91 Å². The summed E-state index contributed by atoms with van der Waals surface area (Å²) in [7, 11) is 0. The number of amides is 1. The summed E-state index contributed by atoms with van der Waals surface area (Å²) >= 11 is 9.01. The van der Waals surface area contributed by atoms with Crippen LogP contribution in [-0.4, -0.2) is 24.2 Å². The number of aliphatic hydroxyl groups is 1. The second-order valence-electron chi connectivity index (χ2n) is 2.70. The van der Waals surface area contributed by atoms with Crippen molar-refractivity contribution >= 4 is 33.4 Å². The molecule has 3 N–H and O–H groups in total. The molecule has 0 atom stereocenters. The Balaban J connectivity index is 3.06. The number of hydrogen-bond donors (Lipinski definition) is 2. The largest absolute Gasteiger partial charge is 0.490 e. The summed E-state index contributed by atoms with van der Waals surface area (Å²) in [5.41, 5.74) is 5.43. The molecule has 0 aliphatic carbocycles. The molecular weight excluding hydrogens is 285 g/mol. The van der Waals surface area contributed by atoms with Crippen LogP contribution in [0.3, 0.4) is 0 Å². The fraction of sp³-hybridized carbons (Fsp3) is 0.222. The van der Waals surface area contributed by atoms with Crippen molar-refractivity contribution in [3.63, 3.8) is 0 Å². The summed E-state index contributed by atoms with van der Waals surface area (Å²) < 4.78 is 5.63. The van der Waals surface area contributed by atoms with Gasteiger partial charge in [0.05, 0.1) is 17.2 Å². The maximum atomic E-state index is 11.0. The normalized spacial score (nSPS) is 10.1. The van der Waals surface area contributed by atoms with Crippen molar-refractivity contribution in [2.75, 3.05) is 13.2 Å². The van der Waals surface area contributed by atoms with Crippen molar-refractivity contribution in [1.82, 2.24) is 0 Å². The minimum Gasteiger partial charge on any atom is -0.490 e. The summed E-state index contributed by atoms with van der Waals surface area (Å²) in [6.07, 6.45) is 0. The molecule has 4 nitrogen and oxygen atoms in total. The number of halogens is 2. The molecule has 15 heavy (non-hydrogen) atoms. The zero-order chi connectivity index (χ0) is 11.4. The third kappa shape index (κ3) is 3.09. The van der Waals surface area contributed by atoms with E-state index in [2.05, 4.69) is 15.9 Å². The molecule has 0 bridgehead atoms. The summed E-state index contributed by atoms with van der Waals surface area (Å²) in [5, 5.41) is 8.93. The highest BCUT2D eigenvalue weighted by atomic mass is 79.9. The lowest BCUT2D eigenvalue weighted by Gasteiger charge is -2.09. The second-order valence-corrected chi connectivity index (χ2v) is 3.96. The van der Waals surface area contributed by atoms with Crippen LogP contribution in [0, 0.1) is 0 Å². The van der Waals surface area contributed by atoms with Gasteiger partial charge in [0.25, 0.3) is 0 Å².